The highest BCUT2D eigenvalue weighted by Gasteiger charge is 2.73. The molecule has 2 nitrogen and oxygen atoms in total. The summed E-state index contributed by atoms with van der Waals surface area (Å²) in [6.07, 6.45) is 5.70. The van der Waals surface area contributed by atoms with Crippen LogP contribution in [0.3, 0.4) is 0 Å². The molecule has 4 fully saturated rings. The zero-order valence-corrected chi connectivity index (χ0v) is 14.0. The molecule has 3 unspecified atom stereocenters. The molecule has 2 bridgehead atoms. The van der Waals surface area contributed by atoms with E-state index in [1.807, 2.05) is 0 Å². The van der Waals surface area contributed by atoms with Crippen molar-refractivity contribution in [2.24, 2.45) is 28.6 Å². The third kappa shape index (κ3) is 1.34. The summed E-state index contributed by atoms with van der Waals surface area (Å²) in [4.78, 5) is 0. The van der Waals surface area contributed by atoms with Gasteiger partial charge in [0, 0.05) is 0 Å². The fraction of sp³-hybridized carbons (Fsp3) is 1.00. The summed E-state index contributed by atoms with van der Waals surface area (Å²) in [5.41, 5.74) is 0.836. The molecule has 0 aromatic rings. The van der Waals surface area contributed by atoms with Gasteiger partial charge in [0.1, 0.15) is 0 Å². The molecule has 1 aliphatic heterocycles. The Morgan fingerprint density at radius 3 is 2.30 bits per heavy atom. The molecule has 0 N–H and O–H groups in total. The molecule has 2 heteroatoms. The Morgan fingerprint density at radius 1 is 0.900 bits per heavy atom. The molecule has 0 aromatic carbocycles. The lowest BCUT2D eigenvalue weighted by atomic mass is 9.63. The molecule has 3 saturated carbocycles. The van der Waals surface area contributed by atoms with Gasteiger partial charge in [0.15, 0.2) is 5.79 Å². The van der Waals surface area contributed by atoms with Crippen molar-refractivity contribution >= 4 is 0 Å². The van der Waals surface area contributed by atoms with E-state index >= 15 is 0 Å². The molecule has 0 radical (unpaired) electrons. The summed E-state index contributed by atoms with van der Waals surface area (Å²) in [5, 5.41) is 0. The minimum atomic E-state index is -0.409. The Labute approximate surface area is 123 Å². The van der Waals surface area contributed by atoms with Gasteiger partial charge in [-0.3, -0.25) is 0 Å². The Bertz CT molecular complexity index is 454. The summed E-state index contributed by atoms with van der Waals surface area (Å²) in [5.74, 6) is 1.96. The van der Waals surface area contributed by atoms with Gasteiger partial charge in [0.05, 0.1) is 11.7 Å². The van der Waals surface area contributed by atoms with E-state index in [4.69, 9.17) is 9.47 Å². The second-order valence-corrected chi connectivity index (χ2v) is 9.34. The molecule has 0 aromatic heterocycles. The topological polar surface area (TPSA) is 18.5 Å². The van der Waals surface area contributed by atoms with Gasteiger partial charge in [0.25, 0.3) is 0 Å². The smallest absolute Gasteiger partial charge is 0.164 e. The molecular formula is C18H30O2. The van der Waals surface area contributed by atoms with Crippen LogP contribution in [0.15, 0.2) is 0 Å². The van der Waals surface area contributed by atoms with Gasteiger partial charge in [-0.2, -0.15) is 0 Å². The largest absolute Gasteiger partial charge is 0.344 e. The number of rotatable bonds is 0. The van der Waals surface area contributed by atoms with E-state index in [9.17, 15) is 0 Å². The third-order valence-electron chi connectivity index (χ3n) is 7.73. The SMILES string of the molecule is C[C@@H]1CC[C@H]2C(C)(C)[C@H]3CC12CC1OC(C)(C)OC13C. The summed E-state index contributed by atoms with van der Waals surface area (Å²) in [6, 6.07) is 0. The fourth-order valence-corrected chi connectivity index (χ4v) is 7.01. The van der Waals surface area contributed by atoms with Crippen molar-refractivity contribution in [2.45, 2.75) is 84.7 Å². The summed E-state index contributed by atoms with van der Waals surface area (Å²) < 4.78 is 12.8. The first kappa shape index (κ1) is 13.6. The van der Waals surface area contributed by atoms with E-state index < -0.39 is 5.79 Å². The van der Waals surface area contributed by atoms with Crippen molar-refractivity contribution in [1.29, 1.82) is 0 Å². The van der Waals surface area contributed by atoms with Gasteiger partial charge < -0.3 is 9.47 Å². The maximum Gasteiger partial charge on any atom is 0.164 e. The fourth-order valence-electron chi connectivity index (χ4n) is 7.01. The minimum absolute atomic E-state index is 0.0810. The molecule has 3 aliphatic carbocycles. The van der Waals surface area contributed by atoms with Crippen molar-refractivity contribution in [3.8, 4) is 0 Å². The van der Waals surface area contributed by atoms with Crippen molar-refractivity contribution in [2.75, 3.05) is 0 Å². The normalized spacial score (nSPS) is 58.5. The molecular weight excluding hydrogens is 248 g/mol. The number of fused-ring (bicyclic) bond motifs is 3. The zero-order valence-electron chi connectivity index (χ0n) is 14.0. The van der Waals surface area contributed by atoms with Crippen LogP contribution in [-0.4, -0.2) is 17.5 Å². The van der Waals surface area contributed by atoms with Gasteiger partial charge in [-0.25, -0.2) is 0 Å². The average molecular weight is 278 g/mol. The van der Waals surface area contributed by atoms with Crippen LogP contribution in [0.5, 0.6) is 0 Å². The van der Waals surface area contributed by atoms with Gasteiger partial charge >= 0.3 is 0 Å². The minimum Gasteiger partial charge on any atom is -0.344 e. The monoisotopic (exact) mass is 278 g/mol. The average Bonchev–Trinajstić information content (AvgIpc) is 2.80. The van der Waals surface area contributed by atoms with Crippen LogP contribution in [-0.2, 0) is 9.47 Å². The standard InChI is InChI=1S/C18H30O2/c1-11-7-8-12-15(2,3)13-9-18(11,12)10-14-17(13,6)20-16(4,5)19-14/h11-14H,7-10H2,1-6H3/t11-,12+,13-,14?,17?,18?/m1/s1. The molecule has 20 heavy (non-hydrogen) atoms. The quantitative estimate of drug-likeness (QED) is 0.654. The number of hydrogen-bond acceptors (Lipinski definition) is 2. The molecule has 6 atom stereocenters. The molecule has 1 saturated heterocycles. The van der Waals surface area contributed by atoms with Crippen molar-refractivity contribution in [3.63, 3.8) is 0 Å². The first-order chi connectivity index (χ1) is 9.12. The van der Waals surface area contributed by atoms with E-state index in [0.717, 1.165) is 11.8 Å². The van der Waals surface area contributed by atoms with Crippen molar-refractivity contribution < 1.29 is 9.47 Å². The third-order valence-corrected chi connectivity index (χ3v) is 7.73. The van der Waals surface area contributed by atoms with Crippen LogP contribution < -0.4 is 0 Å². The van der Waals surface area contributed by atoms with E-state index in [1.165, 1.54) is 25.7 Å². The Morgan fingerprint density at radius 2 is 1.60 bits per heavy atom. The second kappa shape index (κ2) is 3.46. The second-order valence-electron chi connectivity index (χ2n) is 9.34. The van der Waals surface area contributed by atoms with Crippen LogP contribution in [0, 0.1) is 28.6 Å². The molecule has 1 spiro atoms. The molecule has 0 amide bonds. The summed E-state index contributed by atoms with van der Waals surface area (Å²) in [7, 11) is 0. The first-order valence-electron chi connectivity index (χ1n) is 8.50. The lowest BCUT2D eigenvalue weighted by Gasteiger charge is -2.47. The highest BCUT2D eigenvalue weighted by Crippen LogP contribution is 2.75. The first-order valence-corrected chi connectivity index (χ1v) is 8.50. The predicted octanol–water partition coefficient (Wildman–Crippen LogP) is 4.38. The van der Waals surface area contributed by atoms with Gasteiger partial charge in [0.2, 0.25) is 0 Å². The van der Waals surface area contributed by atoms with E-state index in [-0.39, 0.29) is 5.60 Å². The summed E-state index contributed by atoms with van der Waals surface area (Å²) >= 11 is 0. The Hall–Kier alpha value is -0.0800. The molecule has 4 rings (SSSR count). The van der Waals surface area contributed by atoms with Crippen molar-refractivity contribution in [1.82, 2.24) is 0 Å². The van der Waals surface area contributed by atoms with Crippen LogP contribution in [0.25, 0.3) is 0 Å². The lowest BCUT2D eigenvalue weighted by Crippen LogP contribution is -2.52. The van der Waals surface area contributed by atoms with Crippen molar-refractivity contribution in [3.05, 3.63) is 0 Å². The van der Waals surface area contributed by atoms with E-state index in [2.05, 4.69) is 41.5 Å². The maximum absolute atomic E-state index is 6.48. The van der Waals surface area contributed by atoms with Crippen LogP contribution in [0.4, 0.5) is 0 Å². The van der Waals surface area contributed by atoms with E-state index in [1.54, 1.807) is 0 Å². The zero-order chi connectivity index (χ0) is 14.6. The van der Waals surface area contributed by atoms with Crippen LogP contribution >= 0.6 is 0 Å². The maximum atomic E-state index is 6.48. The van der Waals surface area contributed by atoms with E-state index in [0.29, 0.717) is 22.9 Å². The summed E-state index contributed by atoms with van der Waals surface area (Å²) in [6.45, 7) is 14.0. The Kier molecular flexibility index (Phi) is 2.35. The lowest BCUT2D eigenvalue weighted by molar-refractivity contribution is -0.177. The molecule has 114 valence electrons. The Balaban J connectivity index is 1.82. The van der Waals surface area contributed by atoms with Crippen LogP contribution in [0.2, 0.25) is 0 Å². The molecule has 4 aliphatic rings. The predicted molar refractivity (Wildman–Crippen MR) is 79.3 cm³/mol. The van der Waals surface area contributed by atoms with Crippen LogP contribution in [0.1, 0.15) is 67.2 Å². The van der Waals surface area contributed by atoms with Gasteiger partial charge in [-0.1, -0.05) is 20.8 Å². The number of ether oxygens (including phenoxy) is 2. The van der Waals surface area contributed by atoms with Gasteiger partial charge in [-0.05, 0) is 75.0 Å². The highest BCUT2D eigenvalue weighted by molar-refractivity contribution is 5.21. The number of hydrogen-bond donors (Lipinski definition) is 0. The van der Waals surface area contributed by atoms with Gasteiger partial charge in [-0.15, -0.1) is 0 Å². The highest BCUT2D eigenvalue weighted by atomic mass is 16.8. The molecule has 1 heterocycles.